The van der Waals surface area contributed by atoms with E-state index in [2.05, 4.69) is 25.7 Å². The third-order valence-corrected chi connectivity index (χ3v) is 5.21. The van der Waals surface area contributed by atoms with Gasteiger partial charge in [0, 0.05) is 35.9 Å². The van der Waals surface area contributed by atoms with E-state index in [0.29, 0.717) is 34.0 Å². The van der Waals surface area contributed by atoms with Crippen LogP contribution in [-0.2, 0) is 23.1 Å². The van der Waals surface area contributed by atoms with Gasteiger partial charge in [0.2, 0.25) is 18.0 Å². The topological polar surface area (TPSA) is 124 Å². The molecule has 12 heteroatoms. The Balaban J connectivity index is 1.41. The molecule has 1 saturated heterocycles. The Morgan fingerprint density at radius 3 is 2.84 bits per heavy atom. The number of aromatic nitrogens is 5. The summed E-state index contributed by atoms with van der Waals surface area (Å²) >= 11 is 0. The monoisotopic (exact) mass is 439 g/mol. The summed E-state index contributed by atoms with van der Waals surface area (Å²) in [6.07, 6.45) is -0.457. The van der Waals surface area contributed by atoms with Gasteiger partial charge in [-0.3, -0.25) is 14.7 Å². The average molecular weight is 439 g/mol. The molecule has 2 aromatic heterocycles. The van der Waals surface area contributed by atoms with E-state index in [0.717, 1.165) is 0 Å². The van der Waals surface area contributed by atoms with Crippen molar-refractivity contribution in [2.75, 3.05) is 6.54 Å². The zero-order valence-corrected chi connectivity index (χ0v) is 17.1. The molecule has 4 heterocycles. The summed E-state index contributed by atoms with van der Waals surface area (Å²) in [7, 11) is 1.65. The van der Waals surface area contributed by atoms with Crippen molar-refractivity contribution in [2.45, 2.75) is 25.8 Å². The Labute approximate surface area is 181 Å². The average Bonchev–Trinajstić information content (AvgIpc) is 3.33. The van der Waals surface area contributed by atoms with Crippen molar-refractivity contribution in [1.29, 1.82) is 0 Å². The summed E-state index contributed by atoms with van der Waals surface area (Å²) in [4.78, 5) is 30.5. The number of ether oxygens (including phenoxy) is 2. The number of tetrazole rings is 1. The molecule has 32 heavy (non-hydrogen) atoms. The van der Waals surface area contributed by atoms with Crippen molar-refractivity contribution in [3.8, 4) is 28.4 Å². The Bertz CT molecular complexity index is 1210. The number of rotatable bonds is 4. The van der Waals surface area contributed by atoms with E-state index in [1.807, 2.05) is 0 Å². The highest BCUT2D eigenvalue weighted by atomic mass is 19.1. The number of hydrogen-bond donors (Lipinski definition) is 1. The molecule has 164 valence electrons. The van der Waals surface area contributed by atoms with Crippen LogP contribution in [-0.4, -0.2) is 61.0 Å². The van der Waals surface area contributed by atoms with Gasteiger partial charge >= 0.3 is 6.09 Å². The number of benzene rings is 1. The van der Waals surface area contributed by atoms with Crippen LogP contribution in [0.15, 0.2) is 30.5 Å². The molecule has 3 aromatic rings. The Hall–Kier alpha value is -4.09. The molecule has 2 amide bonds. The third-order valence-electron chi connectivity index (χ3n) is 5.21. The number of hydrogen-bond acceptors (Lipinski definition) is 8. The van der Waals surface area contributed by atoms with Crippen molar-refractivity contribution < 1.29 is 23.5 Å². The minimum absolute atomic E-state index is 0.108. The Morgan fingerprint density at radius 1 is 1.31 bits per heavy atom. The van der Waals surface area contributed by atoms with Crippen LogP contribution < -0.4 is 10.1 Å². The summed E-state index contributed by atoms with van der Waals surface area (Å²) in [5.41, 5.74) is 2.01. The number of aryl methyl sites for hydroxylation is 1. The molecule has 2 aliphatic heterocycles. The number of nitrogens with one attached hydrogen (secondary N) is 1. The molecule has 0 unspecified atom stereocenters. The van der Waals surface area contributed by atoms with Crippen molar-refractivity contribution in [2.24, 2.45) is 7.05 Å². The zero-order valence-electron chi connectivity index (χ0n) is 17.1. The van der Waals surface area contributed by atoms with E-state index in [9.17, 15) is 14.0 Å². The number of fused-ring (bicyclic) bond motifs is 2. The van der Waals surface area contributed by atoms with Crippen LogP contribution >= 0.6 is 0 Å². The van der Waals surface area contributed by atoms with E-state index < -0.39 is 24.2 Å². The van der Waals surface area contributed by atoms with Crippen LogP contribution in [0.2, 0.25) is 0 Å². The minimum atomic E-state index is -0.743. The molecule has 1 fully saturated rings. The second-order valence-electron chi connectivity index (χ2n) is 7.47. The van der Waals surface area contributed by atoms with Gasteiger partial charge in [0.1, 0.15) is 17.3 Å². The lowest BCUT2D eigenvalue weighted by Crippen LogP contribution is -2.47. The Kier molecular flexibility index (Phi) is 4.68. The predicted octanol–water partition coefficient (Wildman–Crippen LogP) is 1.25. The summed E-state index contributed by atoms with van der Waals surface area (Å²) in [5, 5.41) is 14.4. The molecule has 0 spiro atoms. The number of amides is 2. The van der Waals surface area contributed by atoms with Gasteiger partial charge in [-0.1, -0.05) is 6.07 Å². The van der Waals surface area contributed by atoms with Gasteiger partial charge in [-0.15, -0.1) is 10.2 Å². The second kappa shape index (κ2) is 7.55. The molecule has 2 aliphatic rings. The molecule has 11 nitrogen and oxygen atoms in total. The molecule has 0 bridgehead atoms. The Morgan fingerprint density at radius 2 is 2.16 bits per heavy atom. The highest BCUT2D eigenvalue weighted by molar-refractivity contribution is 5.74. The summed E-state index contributed by atoms with van der Waals surface area (Å²) in [6.45, 7) is 1.67. The van der Waals surface area contributed by atoms with Crippen molar-refractivity contribution in [3.63, 3.8) is 0 Å². The van der Waals surface area contributed by atoms with E-state index in [1.54, 1.807) is 25.2 Å². The first kappa shape index (κ1) is 19.8. The second-order valence-corrected chi connectivity index (χ2v) is 7.47. The largest absolute Gasteiger partial charge is 0.466 e. The maximum Gasteiger partial charge on any atom is 0.413 e. The fraction of sp³-hybridized carbons (Fsp3) is 0.300. The first-order chi connectivity index (χ1) is 15.4. The summed E-state index contributed by atoms with van der Waals surface area (Å²) < 4.78 is 26.1. The standard InChI is InChI=1S/C20H18FN7O4/c1-10(29)22-8-17-19-28(20(30)32-17)9-12-5-13(14(21)6-16(12)31-19)11-3-4-15(23-7-11)18-24-26-27(2)25-18/h3-7,17,19H,8-9H2,1-2H3,(H,22,29)/t17-,19+/m1/s1. The van der Waals surface area contributed by atoms with E-state index in [1.165, 1.54) is 28.9 Å². The SMILES string of the molecule is CC(=O)NC[C@H]1OC(=O)N2Cc3cc(-c4ccc(-c5nnn(C)n5)nc4)c(F)cc3O[C@@H]12. The van der Waals surface area contributed by atoms with Gasteiger partial charge in [0.15, 0.2) is 6.10 Å². The lowest BCUT2D eigenvalue weighted by Gasteiger charge is -2.31. The van der Waals surface area contributed by atoms with Crippen LogP contribution in [0.25, 0.3) is 22.6 Å². The van der Waals surface area contributed by atoms with E-state index in [4.69, 9.17) is 9.47 Å². The van der Waals surface area contributed by atoms with Crippen LogP contribution in [0, 0.1) is 5.82 Å². The van der Waals surface area contributed by atoms with Gasteiger partial charge in [0.05, 0.1) is 20.1 Å². The molecule has 1 aromatic carbocycles. The lowest BCUT2D eigenvalue weighted by molar-refractivity contribution is -0.119. The predicted molar refractivity (Wildman–Crippen MR) is 106 cm³/mol. The lowest BCUT2D eigenvalue weighted by atomic mass is 10.0. The maximum absolute atomic E-state index is 14.9. The number of cyclic esters (lactones) is 1. The van der Waals surface area contributed by atoms with Crippen molar-refractivity contribution in [1.82, 2.24) is 35.4 Å². The molecular weight excluding hydrogens is 421 g/mol. The minimum Gasteiger partial charge on any atom is -0.466 e. The zero-order chi connectivity index (χ0) is 22.4. The maximum atomic E-state index is 14.9. The normalized spacial score (nSPS) is 19.1. The molecule has 0 aliphatic carbocycles. The first-order valence-corrected chi connectivity index (χ1v) is 9.80. The van der Waals surface area contributed by atoms with Crippen molar-refractivity contribution >= 4 is 12.0 Å². The smallest absolute Gasteiger partial charge is 0.413 e. The quantitative estimate of drug-likeness (QED) is 0.644. The highest BCUT2D eigenvalue weighted by Gasteiger charge is 2.46. The number of halogens is 1. The number of pyridine rings is 1. The number of carbonyl (C=O) groups excluding carboxylic acids is 2. The highest BCUT2D eigenvalue weighted by Crippen LogP contribution is 2.37. The molecule has 2 atom stereocenters. The fourth-order valence-electron chi connectivity index (χ4n) is 3.68. The van der Waals surface area contributed by atoms with Crippen LogP contribution in [0.5, 0.6) is 5.75 Å². The molecular formula is C20H18FN7O4. The molecule has 0 saturated carbocycles. The van der Waals surface area contributed by atoms with Gasteiger partial charge in [0.25, 0.3) is 0 Å². The fourth-order valence-corrected chi connectivity index (χ4v) is 3.68. The van der Waals surface area contributed by atoms with Crippen molar-refractivity contribution in [3.05, 3.63) is 41.8 Å². The molecule has 0 radical (unpaired) electrons. The van der Waals surface area contributed by atoms with E-state index >= 15 is 0 Å². The summed E-state index contributed by atoms with van der Waals surface area (Å²) in [6, 6.07) is 6.32. The first-order valence-electron chi connectivity index (χ1n) is 9.80. The van der Waals surface area contributed by atoms with E-state index in [-0.39, 0.29) is 19.0 Å². The van der Waals surface area contributed by atoms with Crippen LogP contribution in [0.1, 0.15) is 12.5 Å². The number of carbonyl (C=O) groups is 2. The van der Waals surface area contributed by atoms with Gasteiger partial charge < -0.3 is 14.8 Å². The van der Waals surface area contributed by atoms with Crippen LogP contribution in [0.3, 0.4) is 0 Å². The van der Waals surface area contributed by atoms with Gasteiger partial charge in [-0.2, -0.15) is 4.80 Å². The van der Waals surface area contributed by atoms with Gasteiger partial charge in [-0.25, -0.2) is 9.18 Å². The van der Waals surface area contributed by atoms with Gasteiger partial charge in [-0.05, 0) is 17.3 Å². The summed E-state index contributed by atoms with van der Waals surface area (Å²) in [5.74, 6) is -0.0492. The molecule has 5 rings (SSSR count). The third kappa shape index (κ3) is 3.49. The number of nitrogens with zero attached hydrogens (tertiary/aromatic N) is 6. The molecule has 1 N–H and O–H groups in total. The van der Waals surface area contributed by atoms with Crippen LogP contribution in [0.4, 0.5) is 9.18 Å².